The number of hydrogen-bond acceptors (Lipinski definition) is 3. The molecule has 0 bridgehead atoms. The predicted molar refractivity (Wildman–Crippen MR) is 75.7 cm³/mol. The Kier molecular flexibility index (Phi) is 5.32. The lowest BCUT2D eigenvalue weighted by atomic mass is 10.2. The van der Waals surface area contributed by atoms with E-state index >= 15 is 0 Å². The van der Waals surface area contributed by atoms with Crippen molar-refractivity contribution in [1.82, 2.24) is 5.32 Å². The lowest BCUT2D eigenvalue weighted by molar-refractivity contribution is 0.0903. The van der Waals surface area contributed by atoms with Gasteiger partial charge in [-0.2, -0.15) is 0 Å². The third kappa shape index (κ3) is 3.92. The van der Waals surface area contributed by atoms with Crippen molar-refractivity contribution in [3.05, 3.63) is 58.8 Å². The summed E-state index contributed by atoms with van der Waals surface area (Å²) in [5.41, 5.74) is 1.69. The van der Waals surface area contributed by atoms with E-state index in [1.54, 1.807) is 18.2 Å². The van der Waals surface area contributed by atoms with E-state index in [2.05, 4.69) is 12.2 Å². The van der Waals surface area contributed by atoms with Crippen molar-refractivity contribution in [1.29, 1.82) is 0 Å². The van der Waals surface area contributed by atoms with Gasteiger partial charge in [0.05, 0.1) is 6.61 Å². The molecule has 0 spiro atoms. The van der Waals surface area contributed by atoms with Crippen LogP contribution in [0.5, 0.6) is 0 Å². The summed E-state index contributed by atoms with van der Waals surface area (Å²) in [5, 5.41) is 3.26. The quantitative estimate of drug-likeness (QED) is 0.840. The first-order valence-corrected chi connectivity index (χ1v) is 6.80. The molecule has 0 atom stereocenters. The average molecular weight is 277 g/mol. The number of benzene rings is 1. The minimum Gasteiger partial charge on any atom is -0.464 e. The maximum Gasteiger partial charge on any atom is 0.130 e. The zero-order valence-electron chi connectivity index (χ0n) is 11.9. The molecule has 2 rings (SSSR count). The van der Waals surface area contributed by atoms with Crippen LogP contribution in [0.15, 0.2) is 34.7 Å². The molecule has 0 unspecified atom stereocenters. The number of nitrogens with one attached hydrogen (secondary N) is 1. The van der Waals surface area contributed by atoms with E-state index in [9.17, 15) is 4.39 Å². The molecule has 1 heterocycles. The van der Waals surface area contributed by atoms with E-state index in [-0.39, 0.29) is 12.4 Å². The second-order valence-electron chi connectivity index (χ2n) is 4.66. The number of hydrogen-bond donors (Lipinski definition) is 1. The molecule has 3 nitrogen and oxygen atoms in total. The number of furan rings is 1. The van der Waals surface area contributed by atoms with Gasteiger partial charge < -0.3 is 14.5 Å². The molecule has 0 saturated heterocycles. The number of ether oxygens (including phenoxy) is 1. The molecule has 0 fully saturated rings. The Balaban J connectivity index is 1.87. The molecule has 1 N–H and O–H groups in total. The van der Waals surface area contributed by atoms with E-state index in [1.165, 1.54) is 6.07 Å². The highest BCUT2D eigenvalue weighted by Gasteiger charge is 2.07. The predicted octanol–water partition coefficient (Wildman–Crippen LogP) is 3.55. The first-order chi connectivity index (χ1) is 9.70. The Hall–Kier alpha value is -1.65. The molecule has 0 aliphatic heterocycles. The fourth-order valence-electron chi connectivity index (χ4n) is 1.97. The molecule has 108 valence electrons. The van der Waals surface area contributed by atoms with Gasteiger partial charge in [-0.3, -0.25) is 0 Å². The summed E-state index contributed by atoms with van der Waals surface area (Å²) < 4.78 is 24.5. The molecule has 0 saturated carbocycles. The Bertz CT molecular complexity index is 551. The van der Waals surface area contributed by atoms with Gasteiger partial charge >= 0.3 is 0 Å². The number of halogens is 1. The third-order valence-corrected chi connectivity index (χ3v) is 3.10. The third-order valence-electron chi connectivity index (χ3n) is 3.10. The normalized spacial score (nSPS) is 10.9. The van der Waals surface area contributed by atoms with Gasteiger partial charge in [-0.1, -0.05) is 25.1 Å². The molecule has 0 radical (unpaired) electrons. The first-order valence-electron chi connectivity index (χ1n) is 6.80. The van der Waals surface area contributed by atoms with Crippen LogP contribution in [0.1, 0.15) is 29.6 Å². The van der Waals surface area contributed by atoms with Crippen LogP contribution in [0.4, 0.5) is 4.39 Å². The Labute approximate surface area is 118 Å². The SMILES string of the molecule is CCNCc1cc(COCc2ccccc2F)oc1C. The maximum absolute atomic E-state index is 13.4. The van der Waals surface area contributed by atoms with Crippen LogP contribution in [-0.4, -0.2) is 6.54 Å². The second kappa shape index (κ2) is 7.22. The zero-order chi connectivity index (χ0) is 14.4. The molecule has 1 aromatic heterocycles. The standard InChI is InChI=1S/C16H20FNO2/c1-3-18-9-14-8-15(20-12(14)2)11-19-10-13-6-4-5-7-16(13)17/h4-8,18H,3,9-11H2,1-2H3. The van der Waals surface area contributed by atoms with Crippen LogP contribution in [0.25, 0.3) is 0 Å². The molecule has 0 aliphatic carbocycles. The zero-order valence-corrected chi connectivity index (χ0v) is 11.9. The monoisotopic (exact) mass is 277 g/mol. The van der Waals surface area contributed by atoms with E-state index in [1.807, 2.05) is 13.0 Å². The van der Waals surface area contributed by atoms with Crippen molar-refractivity contribution in [2.24, 2.45) is 0 Å². The first kappa shape index (κ1) is 14.8. The Morgan fingerprint density at radius 1 is 1.20 bits per heavy atom. The van der Waals surface area contributed by atoms with Crippen LogP contribution in [0, 0.1) is 12.7 Å². The van der Waals surface area contributed by atoms with Gasteiger partial charge in [0.15, 0.2) is 0 Å². The Morgan fingerprint density at radius 2 is 2.00 bits per heavy atom. The van der Waals surface area contributed by atoms with Crippen LogP contribution in [0.3, 0.4) is 0 Å². The van der Waals surface area contributed by atoms with Gasteiger partial charge in [-0.25, -0.2) is 4.39 Å². The fraction of sp³-hybridized carbons (Fsp3) is 0.375. The van der Waals surface area contributed by atoms with Crippen molar-refractivity contribution in [3.63, 3.8) is 0 Å². The van der Waals surface area contributed by atoms with Crippen LogP contribution in [-0.2, 0) is 24.5 Å². The van der Waals surface area contributed by atoms with Crippen molar-refractivity contribution in [2.45, 2.75) is 33.6 Å². The molecular weight excluding hydrogens is 257 g/mol. The minimum absolute atomic E-state index is 0.240. The number of aryl methyl sites for hydroxylation is 1. The van der Waals surface area contributed by atoms with Crippen LogP contribution in [0.2, 0.25) is 0 Å². The molecular formula is C16H20FNO2. The topological polar surface area (TPSA) is 34.4 Å². The van der Waals surface area contributed by atoms with Gasteiger partial charge in [0.2, 0.25) is 0 Å². The summed E-state index contributed by atoms with van der Waals surface area (Å²) in [4.78, 5) is 0. The van der Waals surface area contributed by atoms with Crippen LogP contribution < -0.4 is 5.32 Å². The Morgan fingerprint density at radius 3 is 2.75 bits per heavy atom. The highest BCUT2D eigenvalue weighted by molar-refractivity contribution is 5.20. The summed E-state index contributed by atoms with van der Waals surface area (Å²) in [7, 11) is 0. The smallest absolute Gasteiger partial charge is 0.130 e. The molecule has 20 heavy (non-hydrogen) atoms. The van der Waals surface area contributed by atoms with Crippen molar-refractivity contribution < 1.29 is 13.5 Å². The lowest BCUT2D eigenvalue weighted by Crippen LogP contribution is -2.11. The lowest BCUT2D eigenvalue weighted by Gasteiger charge is -2.03. The number of rotatable bonds is 7. The van der Waals surface area contributed by atoms with Gasteiger partial charge in [0.25, 0.3) is 0 Å². The van der Waals surface area contributed by atoms with Crippen molar-refractivity contribution in [3.8, 4) is 0 Å². The summed E-state index contributed by atoms with van der Waals surface area (Å²) in [6.45, 7) is 6.31. The molecule has 4 heteroatoms. The highest BCUT2D eigenvalue weighted by Crippen LogP contribution is 2.16. The summed E-state index contributed by atoms with van der Waals surface area (Å²) in [6, 6.07) is 8.61. The average Bonchev–Trinajstić information content (AvgIpc) is 2.79. The molecule has 0 amide bonds. The minimum atomic E-state index is -0.240. The molecule has 1 aromatic carbocycles. The van der Waals surface area contributed by atoms with Crippen LogP contribution >= 0.6 is 0 Å². The maximum atomic E-state index is 13.4. The van der Waals surface area contributed by atoms with Crippen molar-refractivity contribution in [2.75, 3.05) is 6.54 Å². The largest absolute Gasteiger partial charge is 0.464 e. The van der Waals surface area contributed by atoms with Crippen molar-refractivity contribution >= 4 is 0 Å². The summed E-state index contributed by atoms with van der Waals surface area (Å²) in [5.74, 6) is 1.43. The second-order valence-corrected chi connectivity index (χ2v) is 4.66. The van der Waals surface area contributed by atoms with Gasteiger partial charge in [-0.15, -0.1) is 0 Å². The highest BCUT2D eigenvalue weighted by atomic mass is 19.1. The van der Waals surface area contributed by atoms with E-state index < -0.39 is 0 Å². The summed E-state index contributed by atoms with van der Waals surface area (Å²) in [6.07, 6.45) is 0. The molecule has 2 aromatic rings. The molecule has 0 aliphatic rings. The fourth-order valence-corrected chi connectivity index (χ4v) is 1.97. The van der Waals surface area contributed by atoms with Gasteiger partial charge in [0.1, 0.15) is 23.9 Å². The van der Waals surface area contributed by atoms with E-state index in [4.69, 9.17) is 9.15 Å². The summed E-state index contributed by atoms with van der Waals surface area (Å²) >= 11 is 0. The van der Waals surface area contributed by atoms with E-state index in [0.717, 1.165) is 30.2 Å². The van der Waals surface area contributed by atoms with Gasteiger partial charge in [-0.05, 0) is 25.6 Å². The van der Waals surface area contributed by atoms with Gasteiger partial charge in [0, 0.05) is 17.7 Å². The van der Waals surface area contributed by atoms with E-state index in [0.29, 0.717) is 12.2 Å².